The third kappa shape index (κ3) is 4.69. The number of aromatic nitrogens is 3. The zero-order valence-corrected chi connectivity index (χ0v) is 13.6. The van der Waals surface area contributed by atoms with Gasteiger partial charge in [0.1, 0.15) is 6.17 Å². The lowest BCUT2D eigenvalue weighted by Gasteiger charge is -2.17. The van der Waals surface area contributed by atoms with E-state index in [1.165, 1.54) is 17.9 Å². The highest BCUT2D eigenvalue weighted by atomic mass is 127. The van der Waals surface area contributed by atoms with Crippen LogP contribution in [0.2, 0.25) is 0 Å². The molecule has 2 rings (SSSR count). The molecule has 0 aliphatic carbocycles. The summed E-state index contributed by atoms with van der Waals surface area (Å²) in [7, 11) is 1.51. The summed E-state index contributed by atoms with van der Waals surface area (Å²) in [5.41, 5.74) is 7.08. The summed E-state index contributed by atoms with van der Waals surface area (Å²) >= 11 is 2.15. The van der Waals surface area contributed by atoms with Crippen molar-refractivity contribution in [2.45, 2.75) is 25.6 Å². The summed E-state index contributed by atoms with van der Waals surface area (Å²) in [6, 6.07) is 0. The van der Waals surface area contributed by atoms with Crippen molar-refractivity contribution in [1.82, 2.24) is 31.2 Å². The van der Waals surface area contributed by atoms with E-state index in [1.807, 2.05) is 12.2 Å². The maximum Gasteiger partial charge on any atom is 0.273 e. The van der Waals surface area contributed by atoms with Crippen LogP contribution in [0.3, 0.4) is 0 Å². The predicted molar refractivity (Wildman–Crippen MR) is 84.0 cm³/mol. The number of alkyl halides is 1. The first-order chi connectivity index (χ1) is 10.1. The Labute approximate surface area is 135 Å². The Hall–Kier alpha value is -1.65. The Kier molecular flexibility index (Phi) is 5.53. The van der Waals surface area contributed by atoms with Crippen molar-refractivity contribution < 1.29 is 9.18 Å². The molecule has 0 spiro atoms. The summed E-state index contributed by atoms with van der Waals surface area (Å²) in [4.78, 5) is 11.3. The molecule has 1 aliphatic rings. The first-order valence-electron chi connectivity index (χ1n) is 6.43. The van der Waals surface area contributed by atoms with E-state index in [2.05, 4.69) is 49.1 Å². The van der Waals surface area contributed by atoms with E-state index >= 15 is 0 Å². The fraction of sp³-hybridized carbons (Fsp3) is 0.417. The highest BCUT2D eigenvalue weighted by Crippen LogP contribution is 2.13. The molecule has 0 radical (unpaired) electrons. The van der Waals surface area contributed by atoms with Crippen molar-refractivity contribution in [3.05, 3.63) is 33.4 Å². The molecule has 0 bridgehead atoms. The van der Waals surface area contributed by atoms with E-state index in [9.17, 15) is 9.18 Å². The maximum atomic E-state index is 13.9. The average Bonchev–Trinajstić information content (AvgIpc) is 2.94. The molecule has 3 N–H and O–H groups in total. The van der Waals surface area contributed by atoms with Crippen molar-refractivity contribution in [2.75, 3.05) is 7.05 Å². The lowest BCUT2D eigenvalue weighted by atomic mass is 10.1. The van der Waals surface area contributed by atoms with Crippen molar-refractivity contribution in [1.29, 1.82) is 0 Å². The van der Waals surface area contributed by atoms with Gasteiger partial charge < -0.3 is 10.7 Å². The van der Waals surface area contributed by atoms with Gasteiger partial charge >= 0.3 is 0 Å². The molecular weight excluding hydrogens is 390 g/mol. The standard InChI is InChI=1S/C12H16FIN6O/c1-15-12(21)10-7-20(19-17-10)6-8(13)2-3-9-4-5-11(14)18-16-9/h4-5,7-8,16,18H,2-3,6H2,1H3,(H,15,21)/t8-/m1/s1. The Morgan fingerprint density at radius 3 is 3.00 bits per heavy atom. The second kappa shape index (κ2) is 7.38. The van der Waals surface area contributed by atoms with Crippen LogP contribution in [0.25, 0.3) is 0 Å². The molecule has 7 nitrogen and oxygen atoms in total. The van der Waals surface area contributed by atoms with Gasteiger partial charge in [-0.1, -0.05) is 5.21 Å². The normalized spacial score (nSPS) is 15.4. The minimum Gasteiger partial charge on any atom is -0.354 e. The van der Waals surface area contributed by atoms with Crippen molar-refractivity contribution in [3.63, 3.8) is 0 Å². The van der Waals surface area contributed by atoms with Crippen LogP contribution in [0.15, 0.2) is 27.7 Å². The van der Waals surface area contributed by atoms with Crippen molar-refractivity contribution >= 4 is 28.5 Å². The fourth-order valence-electron chi connectivity index (χ4n) is 1.77. The Morgan fingerprint density at radius 1 is 1.52 bits per heavy atom. The number of hydrogen-bond donors (Lipinski definition) is 3. The number of halogens is 2. The molecule has 0 aromatic carbocycles. The summed E-state index contributed by atoms with van der Waals surface area (Å²) in [5.74, 6) is -0.333. The number of carbonyl (C=O) groups is 1. The lowest BCUT2D eigenvalue weighted by Crippen LogP contribution is -2.31. The molecule has 1 aliphatic heterocycles. The van der Waals surface area contributed by atoms with Crippen LogP contribution < -0.4 is 16.2 Å². The maximum absolute atomic E-state index is 13.9. The van der Waals surface area contributed by atoms with Crippen molar-refractivity contribution in [2.24, 2.45) is 0 Å². The van der Waals surface area contributed by atoms with Gasteiger partial charge in [-0.3, -0.25) is 10.2 Å². The molecule has 1 aromatic rings. The summed E-state index contributed by atoms with van der Waals surface area (Å²) in [5, 5.41) is 9.88. The van der Waals surface area contributed by atoms with Crippen molar-refractivity contribution in [3.8, 4) is 0 Å². The molecule has 1 aromatic heterocycles. The number of hydrogen-bond acceptors (Lipinski definition) is 5. The quantitative estimate of drug-likeness (QED) is 0.486. The summed E-state index contributed by atoms with van der Waals surface area (Å²) in [6.07, 6.45) is 5.18. The van der Waals surface area contributed by atoms with Gasteiger partial charge in [0.25, 0.3) is 5.91 Å². The first-order valence-corrected chi connectivity index (χ1v) is 7.51. The van der Waals surface area contributed by atoms with Crippen LogP contribution in [0.4, 0.5) is 4.39 Å². The number of carbonyl (C=O) groups excluding carboxylic acids is 1. The topological polar surface area (TPSA) is 83.9 Å². The van der Waals surface area contributed by atoms with Gasteiger partial charge in [-0.2, -0.15) is 0 Å². The zero-order chi connectivity index (χ0) is 15.2. The van der Waals surface area contributed by atoms with Crippen LogP contribution in [0.1, 0.15) is 23.3 Å². The smallest absolute Gasteiger partial charge is 0.273 e. The van der Waals surface area contributed by atoms with Gasteiger partial charge in [0.15, 0.2) is 5.69 Å². The first kappa shape index (κ1) is 15.7. The van der Waals surface area contributed by atoms with E-state index in [0.29, 0.717) is 12.8 Å². The minimum atomic E-state index is -1.06. The van der Waals surface area contributed by atoms with Gasteiger partial charge in [0.05, 0.1) is 16.4 Å². The van der Waals surface area contributed by atoms with Gasteiger partial charge in [0, 0.05) is 12.7 Å². The van der Waals surface area contributed by atoms with Crippen LogP contribution in [0.5, 0.6) is 0 Å². The fourth-order valence-corrected chi connectivity index (χ4v) is 2.08. The molecule has 1 atom stereocenters. The lowest BCUT2D eigenvalue weighted by molar-refractivity contribution is 0.0958. The molecule has 21 heavy (non-hydrogen) atoms. The minimum absolute atomic E-state index is 0.0814. The number of rotatable bonds is 6. The van der Waals surface area contributed by atoms with Crippen LogP contribution >= 0.6 is 22.6 Å². The molecular formula is C12H16FIN6O. The van der Waals surface area contributed by atoms with Gasteiger partial charge in [-0.05, 0) is 47.6 Å². The van der Waals surface area contributed by atoms with Crippen LogP contribution in [-0.4, -0.2) is 34.1 Å². The highest BCUT2D eigenvalue weighted by Gasteiger charge is 2.13. The third-order valence-electron chi connectivity index (χ3n) is 2.88. The SMILES string of the molecule is CNC(=O)c1cn(C[C@H](F)CCC2=CC=C(I)NN2)nn1. The molecule has 9 heteroatoms. The number of nitrogens with one attached hydrogen (secondary N) is 3. The Balaban J connectivity index is 1.80. The summed E-state index contributed by atoms with van der Waals surface area (Å²) < 4.78 is 16.3. The summed E-state index contributed by atoms with van der Waals surface area (Å²) in [6.45, 7) is 0.0814. The van der Waals surface area contributed by atoms with E-state index in [1.54, 1.807) is 0 Å². The number of allylic oxidation sites excluding steroid dienone is 3. The second-order valence-electron chi connectivity index (χ2n) is 4.50. The number of amides is 1. The average molecular weight is 406 g/mol. The van der Waals surface area contributed by atoms with Gasteiger partial charge in [-0.25, -0.2) is 9.07 Å². The van der Waals surface area contributed by atoms with E-state index < -0.39 is 6.17 Å². The largest absolute Gasteiger partial charge is 0.354 e. The van der Waals surface area contributed by atoms with Gasteiger partial charge in [-0.15, -0.1) is 5.10 Å². The molecule has 2 heterocycles. The number of hydrazine groups is 1. The molecule has 114 valence electrons. The molecule has 1 amide bonds. The number of nitrogens with zero attached hydrogens (tertiary/aromatic N) is 3. The zero-order valence-electron chi connectivity index (χ0n) is 11.4. The predicted octanol–water partition coefficient (Wildman–Crippen LogP) is 1.02. The highest BCUT2D eigenvalue weighted by molar-refractivity contribution is 14.1. The molecule has 0 unspecified atom stereocenters. The van der Waals surface area contributed by atoms with Crippen LogP contribution in [-0.2, 0) is 6.54 Å². The van der Waals surface area contributed by atoms with E-state index in [-0.39, 0.29) is 18.1 Å². The van der Waals surface area contributed by atoms with Gasteiger partial charge in [0.2, 0.25) is 0 Å². The Bertz CT molecular complexity index is 570. The van der Waals surface area contributed by atoms with Crippen LogP contribution in [0, 0.1) is 0 Å². The molecule has 0 fully saturated rings. The van der Waals surface area contributed by atoms with E-state index in [0.717, 1.165) is 9.40 Å². The second-order valence-corrected chi connectivity index (χ2v) is 5.66. The van der Waals surface area contributed by atoms with E-state index in [4.69, 9.17) is 0 Å². The molecule has 0 saturated carbocycles. The third-order valence-corrected chi connectivity index (χ3v) is 3.51. The Morgan fingerprint density at radius 2 is 2.33 bits per heavy atom. The monoisotopic (exact) mass is 406 g/mol. The molecule has 0 saturated heterocycles.